The van der Waals surface area contributed by atoms with Gasteiger partial charge in [-0.25, -0.2) is 9.59 Å². The molecule has 0 spiro atoms. The zero-order valence-corrected chi connectivity index (χ0v) is 11.5. The van der Waals surface area contributed by atoms with Crippen LogP contribution in [0.3, 0.4) is 0 Å². The first kappa shape index (κ1) is 15.5. The lowest BCUT2D eigenvalue weighted by atomic mass is 10.3. The van der Waals surface area contributed by atoms with E-state index >= 15 is 0 Å². The largest absolute Gasteiger partial charge is 0.461 e. The molecule has 0 aliphatic heterocycles. The lowest BCUT2D eigenvalue weighted by Crippen LogP contribution is -2.41. The van der Waals surface area contributed by atoms with Crippen molar-refractivity contribution in [2.75, 3.05) is 19.4 Å². The number of nitrogen functional groups attached to an aromatic ring is 1. The van der Waals surface area contributed by atoms with Crippen molar-refractivity contribution in [1.82, 2.24) is 20.4 Å². The van der Waals surface area contributed by atoms with Gasteiger partial charge >= 0.3 is 12.0 Å². The van der Waals surface area contributed by atoms with E-state index in [-0.39, 0.29) is 18.0 Å². The van der Waals surface area contributed by atoms with Gasteiger partial charge in [-0.3, -0.25) is 14.8 Å². The van der Waals surface area contributed by atoms with Crippen LogP contribution in [0.15, 0.2) is 6.20 Å². The fraction of sp³-hybridized carbons (Fsp3) is 0.455. The Bertz CT molecular complexity index is 525. The monoisotopic (exact) mass is 283 g/mol. The third kappa shape index (κ3) is 3.46. The maximum atomic E-state index is 11.7. The van der Waals surface area contributed by atoms with E-state index in [2.05, 4.69) is 15.7 Å². The summed E-state index contributed by atoms with van der Waals surface area (Å²) in [6.45, 7) is 3.36. The SMILES string of the molecule is CCOC(=O)c1nn(C(C)C(=O)NC(=O)NC)cc1N. The van der Waals surface area contributed by atoms with Gasteiger partial charge in [0.2, 0.25) is 0 Å². The van der Waals surface area contributed by atoms with Gasteiger partial charge in [0.15, 0.2) is 5.69 Å². The van der Waals surface area contributed by atoms with Gasteiger partial charge in [-0.1, -0.05) is 0 Å². The van der Waals surface area contributed by atoms with E-state index in [1.54, 1.807) is 6.92 Å². The molecule has 1 aromatic rings. The first-order valence-electron chi connectivity index (χ1n) is 5.95. The van der Waals surface area contributed by atoms with Crippen LogP contribution in [-0.2, 0) is 9.53 Å². The second-order valence-corrected chi connectivity index (χ2v) is 3.88. The maximum Gasteiger partial charge on any atom is 0.361 e. The number of nitrogens with one attached hydrogen (secondary N) is 2. The van der Waals surface area contributed by atoms with Crippen molar-refractivity contribution in [2.45, 2.75) is 19.9 Å². The molecule has 1 aromatic heterocycles. The van der Waals surface area contributed by atoms with Crippen LogP contribution in [0.2, 0.25) is 0 Å². The van der Waals surface area contributed by atoms with E-state index in [4.69, 9.17) is 10.5 Å². The number of nitrogens with two attached hydrogens (primary N) is 1. The summed E-state index contributed by atoms with van der Waals surface area (Å²) in [5.74, 6) is -1.25. The summed E-state index contributed by atoms with van der Waals surface area (Å²) in [5, 5.41) is 8.27. The fourth-order valence-corrected chi connectivity index (χ4v) is 1.36. The summed E-state index contributed by atoms with van der Waals surface area (Å²) in [5.41, 5.74) is 5.68. The predicted octanol–water partition coefficient (Wildman–Crippen LogP) is -0.341. The highest BCUT2D eigenvalue weighted by Gasteiger charge is 2.22. The summed E-state index contributed by atoms with van der Waals surface area (Å²) in [6, 6.07) is -1.44. The Morgan fingerprint density at radius 3 is 2.70 bits per heavy atom. The van der Waals surface area contributed by atoms with Crippen molar-refractivity contribution in [3.8, 4) is 0 Å². The number of hydrogen-bond donors (Lipinski definition) is 3. The first-order chi connectivity index (χ1) is 9.40. The van der Waals surface area contributed by atoms with E-state index in [1.165, 1.54) is 24.9 Å². The fourth-order valence-electron chi connectivity index (χ4n) is 1.36. The second kappa shape index (κ2) is 6.55. The molecular formula is C11H17N5O4. The summed E-state index contributed by atoms with van der Waals surface area (Å²) < 4.78 is 5.98. The minimum Gasteiger partial charge on any atom is -0.461 e. The smallest absolute Gasteiger partial charge is 0.361 e. The Labute approximate surface area is 115 Å². The Morgan fingerprint density at radius 1 is 1.50 bits per heavy atom. The van der Waals surface area contributed by atoms with Crippen LogP contribution in [-0.4, -0.2) is 41.3 Å². The van der Waals surface area contributed by atoms with Gasteiger partial charge in [0.1, 0.15) is 6.04 Å². The van der Waals surface area contributed by atoms with Crippen LogP contribution in [0.1, 0.15) is 30.4 Å². The van der Waals surface area contributed by atoms with Crippen molar-refractivity contribution in [1.29, 1.82) is 0 Å². The van der Waals surface area contributed by atoms with Crippen LogP contribution in [0.4, 0.5) is 10.5 Å². The zero-order chi connectivity index (χ0) is 15.3. The van der Waals surface area contributed by atoms with Crippen LogP contribution >= 0.6 is 0 Å². The Morgan fingerprint density at radius 2 is 2.15 bits per heavy atom. The number of esters is 1. The van der Waals surface area contributed by atoms with Crippen LogP contribution in [0.25, 0.3) is 0 Å². The molecule has 20 heavy (non-hydrogen) atoms. The van der Waals surface area contributed by atoms with Gasteiger partial charge in [-0.2, -0.15) is 5.10 Å². The summed E-state index contributed by atoms with van der Waals surface area (Å²) in [7, 11) is 1.39. The van der Waals surface area contributed by atoms with Gasteiger partial charge in [0.25, 0.3) is 5.91 Å². The van der Waals surface area contributed by atoms with Crippen molar-refractivity contribution in [2.24, 2.45) is 0 Å². The van der Waals surface area contributed by atoms with Crippen molar-refractivity contribution >= 4 is 23.6 Å². The molecule has 1 unspecified atom stereocenters. The highest BCUT2D eigenvalue weighted by atomic mass is 16.5. The third-order valence-corrected chi connectivity index (χ3v) is 2.47. The molecule has 1 heterocycles. The Kier molecular flexibility index (Phi) is 5.07. The molecule has 0 saturated carbocycles. The number of urea groups is 1. The quantitative estimate of drug-likeness (QED) is 0.648. The molecule has 0 radical (unpaired) electrons. The number of amides is 3. The van der Waals surface area contributed by atoms with Gasteiger partial charge in [0, 0.05) is 13.2 Å². The number of anilines is 1. The van der Waals surface area contributed by atoms with Gasteiger partial charge < -0.3 is 15.8 Å². The summed E-state index contributed by atoms with van der Waals surface area (Å²) in [4.78, 5) is 34.3. The first-order valence-corrected chi connectivity index (χ1v) is 5.95. The number of aromatic nitrogens is 2. The van der Waals surface area contributed by atoms with E-state index in [0.29, 0.717) is 0 Å². The zero-order valence-electron chi connectivity index (χ0n) is 11.5. The topological polar surface area (TPSA) is 128 Å². The normalized spacial score (nSPS) is 11.6. The molecule has 110 valence electrons. The van der Waals surface area contributed by atoms with Gasteiger partial charge in [-0.05, 0) is 13.8 Å². The van der Waals surface area contributed by atoms with Crippen molar-refractivity contribution in [3.05, 3.63) is 11.9 Å². The molecule has 0 bridgehead atoms. The molecule has 0 fully saturated rings. The number of carbonyl (C=O) groups excluding carboxylic acids is 3. The van der Waals surface area contributed by atoms with Gasteiger partial charge in [-0.15, -0.1) is 0 Å². The summed E-state index contributed by atoms with van der Waals surface area (Å²) >= 11 is 0. The molecule has 4 N–H and O–H groups in total. The van der Waals surface area contributed by atoms with Crippen molar-refractivity contribution in [3.63, 3.8) is 0 Å². The highest BCUT2D eigenvalue weighted by Crippen LogP contribution is 2.14. The molecule has 0 aliphatic rings. The van der Waals surface area contributed by atoms with Crippen LogP contribution < -0.4 is 16.4 Å². The standard InChI is InChI=1S/C11H17N5O4/c1-4-20-10(18)8-7(12)5-16(15-8)6(2)9(17)14-11(19)13-3/h5-6H,4,12H2,1-3H3,(H2,13,14,17,19). The predicted molar refractivity (Wildman–Crippen MR) is 69.9 cm³/mol. The number of ether oxygens (including phenoxy) is 1. The average Bonchev–Trinajstić information content (AvgIpc) is 2.80. The number of carbonyl (C=O) groups is 3. The number of imide groups is 1. The molecule has 9 nitrogen and oxygen atoms in total. The second-order valence-electron chi connectivity index (χ2n) is 3.88. The van der Waals surface area contributed by atoms with Crippen LogP contribution in [0.5, 0.6) is 0 Å². The Hall–Kier alpha value is -2.58. The van der Waals surface area contributed by atoms with E-state index in [1.807, 2.05) is 0 Å². The molecule has 9 heteroatoms. The molecule has 1 atom stereocenters. The van der Waals surface area contributed by atoms with E-state index in [9.17, 15) is 14.4 Å². The molecular weight excluding hydrogens is 266 g/mol. The van der Waals surface area contributed by atoms with Crippen LogP contribution in [0, 0.1) is 0 Å². The molecule has 3 amide bonds. The van der Waals surface area contributed by atoms with E-state index in [0.717, 1.165) is 0 Å². The molecule has 1 rings (SSSR count). The van der Waals surface area contributed by atoms with E-state index < -0.39 is 23.9 Å². The van der Waals surface area contributed by atoms with Crippen molar-refractivity contribution < 1.29 is 19.1 Å². The number of rotatable bonds is 4. The third-order valence-electron chi connectivity index (χ3n) is 2.47. The lowest BCUT2D eigenvalue weighted by Gasteiger charge is -2.11. The minimum absolute atomic E-state index is 0.0635. The molecule has 0 aromatic carbocycles. The summed E-state index contributed by atoms with van der Waals surface area (Å²) in [6.07, 6.45) is 1.33. The number of hydrogen-bond acceptors (Lipinski definition) is 6. The Balaban J connectivity index is 2.87. The molecule has 0 saturated heterocycles. The van der Waals surface area contributed by atoms with Gasteiger partial charge in [0.05, 0.1) is 12.3 Å². The number of nitrogens with zero attached hydrogens (tertiary/aromatic N) is 2. The average molecular weight is 283 g/mol. The lowest BCUT2D eigenvalue weighted by molar-refractivity contribution is -0.123. The molecule has 0 aliphatic carbocycles. The highest BCUT2D eigenvalue weighted by molar-refractivity contribution is 5.96. The maximum absolute atomic E-state index is 11.7. The minimum atomic E-state index is -0.808.